The Balaban J connectivity index is 1.93. The minimum atomic E-state index is -0.125. The zero-order valence-electron chi connectivity index (χ0n) is 12.8. The topological polar surface area (TPSA) is 41.1 Å². The minimum absolute atomic E-state index is 0.125. The Morgan fingerprint density at radius 1 is 1.35 bits per heavy atom. The maximum absolute atomic E-state index is 12.2. The Morgan fingerprint density at radius 3 is 2.65 bits per heavy atom. The second-order valence-electron chi connectivity index (χ2n) is 6.54. The molecule has 0 unspecified atom stereocenters. The highest BCUT2D eigenvalue weighted by atomic mass is 16.1. The van der Waals surface area contributed by atoms with Crippen molar-refractivity contribution in [3.05, 3.63) is 35.4 Å². The molecule has 1 saturated heterocycles. The molecule has 1 fully saturated rings. The van der Waals surface area contributed by atoms with Gasteiger partial charge in [-0.15, -0.1) is 0 Å². The Hall–Kier alpha value is -1.35. The van der Waals surface area contributed by atoms with Gasteiger partial charge in [0, 0.05) is 19.0 Å². The minimum Gasteiger partial charge on any atom is -0.352 e. The van der Waals surface area contributed by atoms with Gasteiger partial charge in [0.05, 0.1) is 0 Å². The van der Waals surface area contributed by atoms with Gasteiger partial charge in [-0.25, -0.2) is 0 Å². The fraction of sp³-hybridized carbons (Fsp3) is 0.588. The first-order valence-corrected chi connectivity index (χ1v) is 7.54. The number of hydrogen-bond donors (Lipinski definition) is 2. The van der Waals surface area contributed by atoms with Crippen molar-refractivity contribution in [3.8, 4) is 0 Å². The SMILES string of the molecule is Cc1ccc(C(C)(C)CC(=O)N[C@H]2CCCNC2)cc1. The zero-order chi connectivity index (χ0) is 14.6. The summed E-state index contributed by atoms with van der Waals surface area (Å²) in [5.74, 6) is 0.157. The van der Waals surface area contributed by atoms with Gasteiger partial charge in [-0.05, 0) is 37.3 Å². The number of benzene rings is 1. The number of piperidine rings is 1. The Morgan fingerprint density at radius 2 is 2.05 bits per heavy atom. The second-order valence-corrected chi connectivity index (χ2v) is 6.54. The van der Waals surface area contributed by atoms with Crippen molar-refractivity contribution < 1.29 is 4.79 Å². The summed E-state index contributed by atoms with van der Waals surface area (Å²) in [6.45, 7) is 8.32. The van der Waals surface area contributed by atoms with E-state index in [4.69, 9.17) is 0 Å². The van der Waals surface area contributed by atoms with Crippen molar-refractivity contribution in [1.82, 2.24) is 10.6 Å². The molecular weight excluding hydrogens is 248 g/mol. The summed E-state index contributed by atoms with van der Waals surface area (Å²) in [5.41, 5.74) is 2.35. The van der Waals surface area contributed by atoms with Crippen LogP contribution in [0.15, 0.2) is 24.3 Å². The predicted octanol–water partition coefficient (Wildman–Crippen LogP) is 2.53. The van der Waals surface area contributed by atoms with Crippen LogP contribution in [0.1, 0.15) is 44.2 Å². The van der Waals surface area contributed by atoms with Crippen LogP contribution in [0.2, 0.25) is 0 Å². The quantitative estimate of drug-likeness (QED) is 0.886. The third-order valence-electron chi connectivity index (χ3n) is 4.10. The molecule has 1 heterocycles. The number of nitrogens with one attached hydrogen (secondary N) is 2. The van der Waals surface area contributed by atoms with E-state index in [2.05, 4.69) is 55.7 Å². The first kappa shape index (κ1) is 15.0. The van der Waals surface area contributed by atoms with E-state index in [-0.39, 0.29) is 11.3 Å². The molecule has 2 N–H and O–H groups in total. The zero-order valence-corrected chi connectivity index (χ0v) is 12.8. The molecule has 1 aromatic rings. The van der Waals surface area contributed by atoms with E-state index in [1.807, 2.05) is 0 Å². The van der Waals surface area contributed by atoms with Gasteiger partial charge in [0.25, 0.3) is 0 Å². The van der Waals surface area contributed by atoms with Crippen molar-refractivity contribution in [1.29, 1.82) is 0 Å². The van der Waals surface area contributed by atoms with Crippen molar-refractivity contribution in [2.75, 3.05) is 13.1 Å². The maximum Gasteiger partial charge on any atom is 0.221 e. The van der Waals surface area contributed by atoms with Gasteiger partial charge in [-0.3, -0.25) is 4.79 Å². The van der Waals surface area contributed by atoms with Gasteiger partial charge >= 0.3 is 0 Å². The molecule has 0 radical (unpaired) electrons. The van der Waals surface area contributed by atoms with E-state index in [1.165, 1.54) is 11.1 Å². The molecule has 110 valence electrons. The van der Waals surface area contributed by atoms with Gasteiger partial charge in [-0.2, -0.15) is 0 Å². The van der Waals surface area contributed by atoms with Gasteiger partial charge < -0.3 is 10.6 Å². The molecule has 0 aliphatic carbocycles. The van der Waals surface area contributed by atoms with Crippen molar-refractivity contribution >= 4 is 5.91 Å². The number of hydrogen-bond acceptors (Lipinski definition) is 2. The van der Waals surface area contributed by atoms with E-state index in [0.29, 0.717) is 12.5 Å². The first-order chi connectivity index (χ1) is 9.47. The highest BCUT2D eigenvalue weighted by Crippen LogP contribution is 2.27. The molecule has 1 aromatic carbocycles. The van der Waals surface area contributed by atoms with Crippen LogP contribution in [0.25, 0.3) is 0 Å². The number of amides is 1. The average molecular weight is 274 g/mol. The fourth-order valence-electron chi connectivity index (χ4n) is 2.76. The van der Waals surface area contributed by atoms with Crippen molar-refractivity contribution in [2.24, 2.45) is 0 Å². The van der Waals surface area contributed by atoms with Crippen molar-refractivity contribution in [3.63, 3.8) is 0 Å². The van der Waals surface area contributed by atoms with Gasteiger partial charge in [0.2, 0.25) is 5.91 Å². The van der Waals surface area contributed by atoms with E-state index >= 15 is 0 Å². The number of rotatable bonds is 4. The molecule has 2 rings (SSSR count). The molecule has 0 spiro atoms. The summed E-state index contributed by atoms with van der Waals surface area (Å²) in [6.07, 6.45) is 2.77. The standard InChI is InChI=1S/C17H26N2O/c1-13-6-8-14(9-7-13)17(2,3)11-16(20)19-15-5-4-10-18-12-15/h6-9,15,18H,4-5,10-12H2,1-3H3,(H,19,20)/t15-/m0/s1. The lowest BCUT2D eigenvalue weighted by molar-refractivity contribution is -0.122. The Bertz CT molecular complexity index is 445. The molecule has 0 bridgehead atoms. The summed E-state index contributed by atoms with van der Waals surface area (Å²) in [7, 11) is 0. The maximum atomic E-state index is 12.2. The fourth-order valence-corrected chi connectivity index (χ4v) is 2.76. The van der Waals surface area contributed by atoms with Crippen LogP contribution < -0.4 is 10.6 Å². The average Bonchev–Trinajstić information content (AvgIpc) is 2.39. The Labute approximate surface area is 122 Å². The van der Waals surface area contributed by atoms with Crippen LogP contribution in [0.4, 0.5) is 0 Å². The summed E-state index contributed by atoms with van der Waals surface area (Å²) < 4.78 is 0. The van der Waals surface area contributed by atoms with Gasteiger partial charge in [0.1, 0.15) is 0 Å². The van der Waals surface area contributed by atoms with E-state index in [1.54, 1.807) is 0 Å². The van der Waals surface area contributed by atoms with Gasteiger partial charge in [0.15, 0.2) is 0 Å². The number of carbonyl (C=O) groups is 1. The largest absolute Gasteiger partial charge is 0.352 e. The van der Waals surface area contributed by atoms with E-state index < -0.39 is 0 Å². The molecule has 20 heavy (non-hydrogen) atoms. The van der Waals surface area contributed by atoms with Crippen molar-refractivity contribution in [2.45, 2.75) is 51.5 Å². The molecule has 0 aromatic heterocycles. The molecule has 3 heteroatoms. The third kappa shape index (κ3) is 4.07. The van der Waals surface area contributed by atoms with Crippen LogP contribution in [-0.2, 0) is 10.2 Å². The van der Waals surface area contributed by atoms with Crippen LogP contribution in [0, 0.1) is 6.92 Å². The smallest absolute Gasteiger partial charge is 0.221 e. The predicted molar refractivity (Wildman–Crippen MR) is 82.9 cm³/mol. The van der Waals surface area contributed by atoms with Crippen LogP contribution in [0.3, 0.4) is 0 Å². The number of aryl methyl sites for hydroxylation is 1. The number of carbonyl (C=O) groups excluding carboxylic acids is 1. The summed E-state index contributed by atoms with van der Waals surface area (Å²) in [4.78, 5) is 12.2. The Kier molecular flexibility index (Phi) is 4.81. The molecule has 3 nitrogen and oxygen atoms in total. The highest BCUT2D eigenvalue weighted by Gasteiger charge is 2.25. The third-order valence-corrected chi connectivity index (χ3v) is 4.10. The lowest BCUT2D eigenvalue weighted by Gasteiger charge is -2.28. The van der Waals surface area contributed by atoms with Crippen LogP contribution in [-0.4, -0.2) is 25.0 Å². The summed E-state index contributed by atoms with van der Waals surface area (Å²) >= 11 is 0. The van der Waals surface area contributed by atoms with Crippen LogP contribution >= 0.6 is 0 Å². The molecule has 1 atom stereocenters. The van der Waals surface area contributed by atoms with E-state index in [9.17, 15) is 4.79 Å². The molecular formula is C17H26N2O. The highest BCUT2D eigenvalue weighted by molar-refractivity contribution is 5.77. The van der Waals surface area contributed by atoms with Crippen LogP contribution in [0.5, 0.6) is 0 Å². The first-order valence-electron chi connectivity index (χ1n) is 7.54. The van der Waals surface area contributed by atoms with E-state index in [0.717, 1.165) is 25.9 Å². The molecule has 1 aliphatic rings. The summed E-state index contributed by atoms with van der Waals surface area (Å²) in [6, 6.07) is 8.78. The monoisotopic (exact) mass is 274 g/mol. The molecule has 0 saturated carbocycles. The normalized spacial score (nSPS) is 19.6. The lowest BCUT2D eigenvalue weighted by atomic mass is 9.81. The summed E-state index contributed by atoms with van der Waals surface area (Å²) in [5, 5.41) is 6.48. The van der Waals surface area contributed by atoms with Gasteiger partial charge in [-0.1, -0.05) is 43.7 Å². The molecule has 1 aliphatic heterocycles. The molecule has 1 amide bonds. The second kappa shape index (κ2) is 6.40. The lowest BCUT2D eigenvalue weighted by Crippen LogP contribution is -2.46.